The molecule has 2 aromatic rings. The summed E-state index contributed by atoms with van der Waals surface area (Å²) in [5.74, 6) is 0.672. The normalized spacial score (nSPS) is 18.3. The number of piperidine rings is 1. The molecule has 0 spiro atoms. The number of H-pyrrole nitrogens is 1. The van der Waals surface area contributed by atoms with Crippen LogP contribution in [0.5, 0.6) is 5.75 Å². The van der Waals surface area contributed by atoms with Gasteiger partial charge < -0.3 is 9.64 Å². The fourth-order valence-corrected chi connectivity index (χ4v) is 2.96. The molecule has 0 radical (unpaired) electrons. The van der Waals surface area contributed by atoms with Crippen LogP contribution in [0.1, 0.15) is 12.8 Å². The van der Waals surface area contributed by atoms with Gasteiger partial charge >= 0.3 is 0 Å². The number of halogens is 2. The quantitative estimate of drug-likeness (QED) is 0.933. The van der Waals surface area contributed by atoms with Crippen LogP contribution in [0.4, 0.5) is 5.69 Å². The zero-order valence-corrected chi connectivity index (χ0v) is 13.3. The van der Waals surface area contributed by atoms with Gasteiger partial charge in [0.2, 0.25) is 0 Å². The van der Waals surface area contributed by atoms with E-state index < -0.39 is 0 Å². The second kappa shape index (κ2) is 6.58. The van der Waals surface area contributed by atoms with Crippen LogP contribution in [0.3, 0.4) is 0 Å². The molecule has 5 nitrogen and oxygen atoms in total. The van der Waals surface area contributed by atoms with Gasteiger partial charge in [0.25, 0.3) is 5.56 Å². The van der Waals surface area contributed by atoms with Gasteiger partial charge in [-0.15, -0.1) is 0 Å². The number of hydrogen-bond acceptors (Lipinski definition) is 4. The third-order valence-corrected chi connectivity index (χ3v) is 4.30. The zero-order valence-electron chi connectivity index (χ0n) is 11.8. The summed E-state index contributed by atoms with van der Waals surface area (Å²) in [6.45, 7) is 1.45. The molecule has 1 aliphatic heterocycles. The lowest BCUT2D eigenvalue weighted by molar-refractivity contribution is 0.179. The van der Waals surface area contributed by atoms with Gasteiger partial charge in [0.05, 0.1) is 23.5 Å². The first-order valence-electron chi connectivity index (χ1n) is 7.04. The number of aromatic nitrogens is 2. The SMILES string of the molecule is O=c1[nH]ncc(N2CCCC(Oc3ccccc3Cl)C2)c1Cl. The van der Waals surface area contributed by atoms with E-state index in [-0.39, 0.29) is 16.7 Å². The molecular weight excluding hydrogens is 325 g/mol. The Kier molecular flexibility index (Phi) is 4.55. The molecule has 0 aliphatic carbocycles. The van der Waals surface area contributed by atoms with Gasteiger partial charge in [-0.3, -0.25) is 4.79 Å². The number of hydrogen-bond donors (Lipinski definition) is 1. The van der Waals surface area contributed by atoms with Crippen LogP contribution < -0.4 is 15.2 Å². The fourth-order valence-electron chi connectivity index (χ4n) is 2.57. The molecule has 0 amide bonds. The Bertz CT molecular complexity index is 720. The minimum Gasteiger partial charge on any atom is -0.487 e. The summed E-state index contributed by atoms with van der Waals surface area (Å²) in [6, 6.07) is 7.40. The van der Waals surface area contributed by atoms with E-state index in [1.54, 1.807) is 12.3 Å². The van der Waals surface area contributed by atoms with Crippen molar-refractivity contribution in [3.63, 3.8) is 0 Å². The molecule has 1 aliphatic rings. The Morgan fingerprint density at radius 2 is 2.14 bits per heavy atom. The van der Waals surface area contributed by atoms with Crippen LogP contribution in [0, 0.1) is 0 Å². The van der Waals surface area contributed by atoms with Crippen molar-refractivity contribution < 1.29 is 4.74 Å². The number of para-hydroxylation sites is 1. The first kappa shape index (κ1) is 15.2. The molecule has 1 N–H and O–H groups in total. The average molecular weight is 340 g/mol. The lowest BCUT2D eigenvalue weighted by atomic mass is 10.1. The number of ether oxygens (including phenoxy) is 1. The summed E-state index contributed by atoms with van der Waals surface area (Å²) in [5, 5.41) is 6.90. The van der Waals surface area contributed by atoms with E-state index in [0.29, 0.717) is 23.0 Å². The molecule has 7 heteroatoms. The van der Waals surface area contributed by atoms with Crippen LogP contribution in [0.25, 0.3) is 0 Å². The molecule has 116 valence electrons. The van der Waals surface area contributed by atoms with Crippen molar-refractivity contribution in [3.05, 3.63) is 50.9 Å². The van der Waals surface area contributed by atoms with Crippen molar-refractivity contribution in [2.45, 2.75) is 18.9 Å². The Balaban J connectivity index is 1.76. The number of nitrogens with one attached hydrogen (secondary N) is 1. The lowest BCUT2D eigenvalue weighted by Crippen LogP contribution is -2.42. The molecule has 2 heterocycles. The van der Waals surface area contributed by atoms with Gasteiger partial charge in [-0.25, -0.2) is 5.10 Å². The molecule has 1 atom stereocenters. The molecule has 1 fully saturated rings. The molecule has 3 rings (SSSR count). The van der Waals surface area contributed by atoms with E-state index in [1.807, 2.05) is 23.1 Å². The average Bonchev–Trinajstić information content (AvgIpc) is 2.53. The number of aromatic amines is 1. The van der Waals surface area contributed by atoms with Gasteiger partial charge in [-0.05, 0) is 25.0 Å². The smallest absolute Gasteiger partial charge is 0.285 e. The number of anilines is 1. The van der Waals surface area contributed by atoms with E-state index in [9.17, 15) is 4.79 Å². The van der Waals surface area contributed by atoms with Gasteiger partial charge in [-0.1, -0.05) is 35.3 Å². The summed E-state index contributed by atoms with van der Waals surface area (Å²) in [4.78, 5) is 13.6. The minimum absolute atomic E-state index is 0.0102. The third-order valence-electron chi connectivity index (χ3n) is 3.63. The lowest BCUT2D eigenvalue weighted by Gasteiger charge is -2.34. The summed E-state index contributed by atoms with van der Waals surface area (Å²) in [7, 11) is 0. The Hall–Kier alpha value is -1.72. The summed E-state index contributed by atoms with van der Waals surface area (Å²) in [6.07, 6.45) is 3.43. The third kappa shape index (κ3) is 3.20. The van der Waals surface area contributed by atoms with Crippen LogP contribution in [-0.4, -0.2) is 29.4 Å². The van der Waals surface area contributed by atoms with Gasteiger partial charge in [0, 0.05) is 6.54 Å². The first-order chi connectivity index (χ1) is 10.6. The summed E-state index contributed by atoms with van der Waals surface area (Å²) < 4.78 is 5.98. The maximum atomic E-state index is 11.6. The number of benzene rings is 1. The van der Waals surface area contributed by atoms with E-state index in [1.165, 1.54) is 0 Å². The van der Waals surface area contributed by atoms with Gasteiger partial charge in [-0.2, -0.15) is 5.10 Å². The highest BCUT2D eigenvalue weighted by Gasteiger charge is 2.24. The molecule has 1 unspecified atom stereocenters. The Morgan fingerprint density at radius 1 is 1.32 bits per heavy atom. The summed E-state index contributed by atoms with van der Waals surface area (Å²) >= 11 is 12.2. The number of rotatable bonds is 3. The van der Waals surface area contributed by atoms with Crippen molar-refractivity contribution in [3.8, 4) is 5.75 Å². The predicted molar refractivity (Wildman–Crippen MR) is 87.2 cm³/mol. The van der Waals surface area contributed by atoms with Gasteiger partial charge in [0.15, 0.2) is 0 Å². The van der Waals surface area contributed by atoms with Crippen LogP contribution >= 0.6 is 23.2 Å². The molecule has 0 bridgehead atoms. The predicted octanol–water partition coefficient (Wildman–Crippen LogP) is 3.12. The second-order valence-electron chi connectivity index (χ2n) is 5.16. The van der Waals surface area contributed by atoms with E-state index in [0.717, 1.165) is 19.4 Å². The molecule has 1 saturated heterocycles. The molecule has 0 saturated carbocycles. The monoisotopic (exact) mass is 339 g/mol. The Morgan fingerprint density at radius 3 is 2.95 bits per heavy atom. The van der Waals surface area contributed by atoms with Gasteiger partial charge in [0.1, 0.15) is 16.9 Å². The van der Waals surface area contributed by atoms with E-state index >= 15 is 0 Å². The molecule has 1 aromatic carbocycles. The van der Waals surface area contributed by atoms with Crippen LogP contribution in [-0.2, 0) is 0 Å². The van der Waals surface area contributed by atoms with Crippen molar-refractivity contribution in [2.75, 3.05) is 18.0 Å². The van der Waals surface area contributed by atoms with Crippen LogP contribution in [0.15, 0.2) is 35.3 Å². The highest BCUT2D eigenvalue weighted by Crippen LogP contribution is 2.29. The highest BCUT2D eigenvalue weighted by atomic mass is 35.5. The fraction of sp³-hybridized carbons (Fsp3) is 0.333. The highest BCUT2D eigenvalue weighted by molar-refractivity contribution is 6.33. The number of nitrogens with zero attached hydrogens (tertiary/aromatic N) is 2. The maximum Gasteiger partial charge on any atom is 0.285 e. The minimum atomic E-state index is -0.381. The molecular formula is C15H15Cl2N3O2. The molecule has 1 aromatic heterocycles. The first-order valence-corrected chi connectivity index (χ1v) is 7.80. The van der Waals surface area contributed by atoms with E-state index in [4.69, 9.17) is 27.9 Å². The Labute approximate surface area is 137 Å². The van der Waals surface area contributed by atoms with E-state index in [2.05, 4.69) is 10.2 Å². The molecule has 22 heavy (non-hydrogen) atoms. The summed E-state index contributed by atoms with van der Waals surface area (Å²) in [5.41, 5.74) is 0.256. The largest absolute Gasteiger partial charge is 0.487 e. The maximum absolute atomic E-state index is 11.6. The van der Waals surface area contributed by atoms with Crippen molar-refractivity contribution in [1.29, 1.82) is 0 Å². The van der Waals surface area contributed by atoms with Crippen molar-refractivity contribution >= 4 is 28.9 Å². The standard InChI is InChI=1S/C15H15Cl2N3O2/c16-11-5-1-2-6-13(11)22-10-4-3-7-20(9-10)12-8-18-19-15(21)14(12)17/h1-2,5-6,8,10H,3-4,7,9H2,(H,19,21). The van der Waals surface area contributed by atoms with Crippen molar-refractivity contribution in [1.82, 2.24) is 10.2 Å². The van der Waals surface area contributed by atoms with Crippen LogP contribution in [0.2, 0.25) is 10.0 Å². The zero-order chi connectivity index (χ0) is 15.5. The second-order valence-corrected chi connectivity index (χ2v) is 5.94. The topological polar surface area (TPSA) is 58.2 Å². The van der Waals surface area contributed by atoms with Crippen molar-refractivity contribution in [2.24, 2.45) is 0 Å².